The van der Waals surface area contributed by atoms with Crippen molar-refractivity contribution in [3.05, 3.63) is 58.3 Å². The lowest BCUT2D eigenvalue weighted by Gasteiger charge is -2.32. The van der Waals surface area contributed by atoms with Crippen molar-refractivity contribution in [1.29, 1.82) is 0 Å². The van der Waals surface area contributed by atoms with Crippen LogP contribution in [-0.2, 0) is 22.0 Å². The van der Waals surface area contributed by atoms with Gasteiger partial charge in [-0.05, 0) is 48.4 Å². The molecule has 0 saturated carbocycles. The molecule has 2 N–H and O–H groups in total. The number of fused-ring (bicyclic) bond motifs is 1. The fraction of sp³-hybridized carbons (Fsp3) is 0.316. The highest BCUT2D eigenvalue weighted by molar-refractivity contribution is 7.89. The average molecular weight is 405 g/mol. The third-order valence-corrected chi connectivity index (χ3v) is 7.27. The topological polar surface area (TPSA) is 92.4 Å². The maximum Gasteiger partial charge on any atom is 0.240 e. The van der Waals surface area contributed by atoms with Crippen molar-refractivity contribution in [3.8, 4) is 11.3 Å². The smallest absolute Gasteiger partial charge is 0.240 e. The molecule has 3 aromatic rings. The summed E-state index contributed by atoms with van der Waals surface area (Å²) in [5.41, 5.74) is 1.13. The maximum absolute atomic E-state index is 12.7. The molecule has 1 aliphatic carbocycles. The molecule has 0 saturated heterocycles. The zero-order valence-electron chi connectivity index (χ0n) is 14.8. The molecule has 0 bridgehead atoms. The van der Waals surface area contributed by atoms with Crippen LogP contribution in [0.5, 0.6) is 0 Å². The van der Waals surface area contributed by atoms with E-state index in [4.69, 9.17) is 4.42 Å². The van der Waals surface area contributed by atoms with Gasteiger partial charge in [-0.25, -0.2) is 18.1 Å². The highest BCUT2D eigenvalue weighted by Gasteiger charge is 2.36. The Morgan fingerprint density at radius 3 is 2.78 bits per heavy atom. The van der Waals surface area contributed by atoms with Crippen LogP contribution >= 0.6 is 11.3 Å². The molecule has 27 heavy (non-hydrogen) atoms. The fourth-order valence-corrected chi connectivity index (χ4v) is 5.51. The minimum Gasteiger partial charge on any atom is -0.449 e. The van der Waals surface area contributed by atoms with Crippen LogP contribution < -0.4 is 4.72 Å². The molecule has 0 amide bonds. The standard InChI is InChI=1S/C19H20N2O4S2/c1-13-21-17(11-25-13)14-4-6-15(7-5-14)27(23,24)20-12-19(22)9-2-3-18-16(19)8-10-26-18/h4-8,10-11,20,22H,2-3,9,12H2,1H3. The summed E-state index contributed by atoms with van der Waals surface area (Å²) in [7, 11) is -3.73. The molecular weight excluding hydrogens is 384 g/mol. The van der Waals surface area contributed by atoms with Crippen LogP contribution in [0.25, 0.3) is 11.3 Å². The van der Waals surface area contributed by atoms with Crippen molar-refractivity contribution in [2.45, 2.75) is 36.7 Å². The quantitative estimate of drug-likeness (QED) is 0.681. The second-order valence-corrected chi connectivity index (χ2v) is 9.51. The summed E-state index contributed by atoms with van der Waals surface area (Å²) < 4.78 is 33.1. The molecule has 4 rings (SSSR count). The monoisotopic (exact) mass is 404 g/mol. The summed E-state index contributed by atoms with van der Waals surface area (Å²) in [5, 5.41) is 12.9. The average Bonchev–Trinajstić information content (AvgIpc) is 3.30. The van der Waals surface area contributed by atoms with E-state index < -0.39 is 15.6 Å². The Morgan fingerprint density at radius 1 is 1.30 bits per heavy atom. The van der Waals surface area contributed by atoms with Gasteiger partial charge < -0.3 is 9.52 Å². The van der Waals surface area contributed by atoms with Gasteiger partial charge in [-0.1, -0.05) is 12.1 Å². The Bertz CT molecular complexity index is 1050. The first-order valence-corrected chi connectivity index (χ1v) is 11.1. The molecule has 2 heterocycles. The third kappa shape index (κ3) is 3.58. The predicted octanol–water partition coefficient (Wildman–Crippen LogP) is 3.21. The number of aromatic nitrogens is 1. The molecule has 0 fully saturated rings. The molecule has 6 nitrogen and oxygen atoms in total. The Morgan fingerprint density at radius 2 is 2.07 bits per heavy atom. The Kier molecular flexibility index (Phi) is 4.67. The second kappa shape index (κ2) is 6.87. The summed E-state index contributed by atoms with van der Waals surface area (Å²) in [5.74, 6) is 0.553. The van der Waals surface area contributed by atoms with E-state index in [-0.39, 0.29) is 11.4 Å². The van der Waals surface area contributed by atoms with Crippen molar-refractivity contribution in [3.63, 3.8) is 0 Å². The van der Waals surface area contributed by atoms with Crippen molar-refractivity contribution < 1.29 is 17.9 Å². The molecular formula is C19H20N2O4S2. The zero-order chi connectivity index (χ0) is 19.1. The number of thiophene rings is 1. The van der Waals surface area contributed by atoms with Gasteiger partial charge in [-0.2, -0.15) is 0 Å². The van der Waals surface area contributed by atoms with Crippen LogP contribution in [0.4, 0.5) is 0 Å². The predicted molar refractivity (Wildman–Crippen MR) is 103 cm³/mol. The van der Waals surface area contributed by atoms with E-state index in [1.54, 1.807) is 30.4 Å². The van der Waals surface area contributed by atoms with Gasteiger partial charge in [-0.15, -0.1) is 11.3 Å². The van der Waals surface area contributed by atoms with E-state index >= 15 is 0 Å². The molecule has 1 aliphatic rings. The normalized spacial score (nSPS) is 19.8. The molecule has 0 aliphatic heterocycles. The van der Waals surface area contributed by atoms with E-state index in [0.29, 0.717) is 18.0 Å². The van der Waals surface area contributed by atoms with Crippen LogP contribution in [0.15, 0.2) is 51.3 Å². The van der Waals surface area contributed by atoms with Gasteiger partial charge >= 0.3 is 0 Å². The first kappa shape index (κ1) is 18.4. The summed E-state index contributed by atoms with van der Waals surface area (Å²) in [6.45, 7) is 1.71. The van der Waals surface area contributed by atoms with Crippen molar-refractivity contribution in [1.82, 2.24) is 9.71 Å². The number of hydrogen-bond donors (Lipinski definition) is 2. The first-order valence-electron chi connectivity index (χ1n) is 8.69. The second-order valence-electron chi connectivity index (χ2n) is 6.74. The number of sulfonamides is 1. The fourth-order valence-electron chi connectivity index (χ4n) is 3.41. The number of aryl methyl sites for hydroxylation is 2. The first-order chi connectivity index (χ1) is 12.9. The SMILES string of the molecule is Cc1nc(-c2ccc(S(=O)(=O)NCC3(O)CCCc4sccc43)cc2)co1. The Labute approximate surface area is 161 Å². The summed E-state index contributed by atoms with van der Waals surface area (Å²) in [6.07, 6.45) is 3.86. The van der Waals surface area contributed by atoms with Gasteiger partial charge in [-0.3, -0.25) is 0 Å². The van der Waals surface area contributed by atoms with E-state index in [1.807, 2.05) is 11.4 Å². The molecule has 8 heteroatoms. The number of aliphatic hydroxyl groups is 1. The van der Waals surface area contributed by atoms with Gasteiger partial charge in [0.2, 0.25) is 10.0 Å². The van der Waals surface area contributed by atoms with E-state index in [0.717, 1.165) is 28.8 Å². The van der Waals surface area contributed by atoms with Gasteiger partial charge in [0, 0.05) is 23.9 Å². The molecule has 0 radical (unpaired) electrons. The van der Waals surface area contributed by atoms with Gasteiger partial charge in [0.1, 0.15) is 17.6 Å². The lowest BCUT2D eigenvalue weighted by Crippen LogP contribution is -2.42. The number of rotatable bonds is 5. The Balaban J connectivity index is 1.51. The molecule has 142 valence electrons. The van der Waals surface area contributed by atoms with Crippen LogP contribution in [-0.4, -0.2) is 25.1 Å². The van der Waals surface area contributed by atoms with Gasteiger partial charge in [0.25, 0.3) is 0 Å². The van der Waals surface area contributed by atoms with Gasteiger partial charge in [0.15, 0.2) is 5.89 Å². The van der Waals surface area contributed by atoms with Crippen LogP contribution in [0.2, 0.25) is 0 Å². The number of oxazole rings is 1. The van der Waals surface area contributed by atoms with Gasteiger partial charge in [0.05, 0.1) is 4.90 Å². The maximum atomic E-state index is 12.7. The highest BCUT2D eigenvalue weighted by Crippen LogP contribution is 2.38. The largest absolute Gasteiger partial charge is 0.449 e. The molecule has 1 atom stereocenters. The number of nitrogens with one attached hydrogen (secondary N) is 1. The summed E-state index contributed by atoms with van der Waals surface area (Å²) in [4.78, 5) is 5.52. The van der Waals surface area contributed by atoms with Crippen LogP contribution in [0.3, 0.4) is 0 Å². The van der Waals surface area contributed by atoms with Crippen molar-refractivity contribution in [2.75, 3.05) is 6.54 Å². The van der Waals surface area contributed by atoms with E-state index in [1.165, 1.54) is 18.4 Å². The molecule has 2 aromatic heterocycles. The van der Waals surface area contributed by atoms with Crippen LogP contribution in [0.1, 0.15) is 29.2 Å². The van der Waals surface area contributed by atoms with Crippen LogP contribution in [0, 0.1) is 6.92 Å². The minimum atomic E-state index is -3.73. The lowest BCUT2D eigenvalue weighted by atomic mass is 9.83. The zero-order valence-corrected chi connectivity index (χ0v) is 16.4. The highest BCUT2D eigenvalue weighted by atomic mass is 32.2. The van der Waals surface area contributed by atoms with Crippen molar-refractivity contribution >= 4 is 21.4 Å². The van der Waals surface area contributed by atoms with E-state index in [2.05, 4.69) is 9.71 Å². The number of benzene rings is 1. The summed E-state index contributed by atoms with van der Waals surface area (Å²) in [6, 6.07) is 8.34. The van der Waals surface area contributed by atoms with E-state index in [9.17, 15) is 13.5 Å². The summed E-state index contributed by atoms with van der Waals surface area (Å²) >= 11 is 1.61. The number of nitrogens with zero attached hydrogens (tertiary/aromatic N) is 1. The van der Waals surface area contributed by atoms with Crippen molar-refractivity contribution in [2.24, 2.45) is 0 Å². The minimum absolute atomic E-state index is 0.0384. The third-order valence-electron chi connectivity index (χ3n) is 4.87. The number of hydrogen-bond acceptors (Lipinski definition) is 6. The molecule has 1 unspecified atom stereocenters. The lowest BCUT2D eigenvalue weighted by molar-refractivity contribution is 0.0252. The molecule has 1 aromatic carbocycles. The molecule has 0 spiro atoms. The Hall–Kier alpha value is -2.00.